The summed E-state index contributed by atoms with van der Waals surface area (Å²) in [5, 5.41) is 10.9. The third kappa shape index (κ3) is 5.78. The van der Waals surface area contributed by atoms with Gasteiger partial charge in [-0.15, -0.1) is 0 Å². The SMILES string of the molecule is CCCN1CCC(CNC(=O)N2CCCC(c3nn(-c4ccccc4)cc3C(=O)NCC)C2)C1. The predicted molar refractivity (Wildman–Crippen MR) is 133 cm³/mol. The second-order valence-corrected chi connectivity index (χ2v) is 9.49. The Hall–Kier alpha value is -2.87. The third-order valence-corrected chi connectivity index (χ3v) is 6.89. The van der Waals surface area contributed by atoms with Gasteiger partial charge in [-0.2, -0.15) is 5.10 Å². The summed E-state index contributed by atoms with van der Waals surface area (Å²) >= 11 is 0. The molecule has 2 aliphatic rings. The zero-order valence-corrected chi connectivity index (χ0v) is 20.5. The molecule has 3 amide bonds. The zero-order chi connectivity index (χ0) is 23.9. The predicted octanol–water partition coefficient (Wildman–Crippen LogP) is 3.24. The van der Waals surface area contributed by atoms with E-state index in [1.54, 1.807) is 4.68 Å². The maximum atomic E-state index is 13.0. The van der Waals surface area contributed by atoms with Gasteiger partial charge in [-0.1, -0.05) is 25.1 Å². The van der Waals surface area contributed by atoms with Crippen LogP contribution in [0, 0.1) is 5.92 Å². The van der Waals surface area contributed by atoms with E-state index in [-0.39, 0.29) is 17.9 Å². The molecule has 34 heavy (non-hydrogen) atoms. The number of benzene rings is 1. The summed E-state index contributed by atoms with van der Waals surface area (Å²) in [6.45, 7) is 10.1. The second-order valence-electron chi connectivity index (χ2n) is 9.49. The average molecular weight is 467 g/mol. The van der Waals surface area contributed by atoms with Gasteiger partial charge in [0.1, 0.15) is 0 Å². The molecular weight excluding hydrogens is 428 g/mol. The van der Waals surface area contributed by atoms with E-state index in [2.05, 4.69) is 22.5 Å². The minimum atomic E-state index is -0.112. The van der Waals surface area contributed by atoms with Crippen LogP contribution in [-0.4, -0.2) is 77.3 Å². The van der Waals surface area contributed by atoms with Crippen molar-refractivity contribution in [2.75, 3.05) is 45.8 Å². The Kier molecular flexibility index (Phi) is 8.21. The highest BCUT2D eigenvalue weighted by Gasteiger charge is 2.31. The first-order valence-electron chi connectivity index (χ1n) is 12.8. The molecule has 2 unspecified atom stereocenters. The van der Waals surface area contributed by atoms with E-state index in [1.807, 2.05) is 48.4 Å². The molecule has 3 heterocycles. The van der Waals surface area contributed by atoms with Crippen LogP contribution in [0.1, 0.15) is 61.5 Å². The Morgan fingerprint density at radius 3 is 2.65 bits per heavy atom. The highest BCUT2D eigenvalue weighted by Crippen LogP contribution is 2.29. The Morgan fingerprint density at radius 1 is 1.06 bits per heavy atom. The minimum absolute atomic E-state index is 0.000642. The second kappa shape index (κ2) is 11.5. The molecule has 0 spiro atoms. The number of hydrogen-bond acceptors (Lipinski definition) is 4. The molecule has 184 valence electrons. The number of para-hydroxylation sites is 1. The molecule has 2 aliphatic heterocycles. The highest BCUT2D eigenvalue weighted by molar-refractivity contribution is 5.95. The van der Waals surface area contributed by atoms with Crippen LogP contribution in [0.15, 0.2) is 36.5 Å². The van der Waals surface area contributed by atoms with E-state index in [9.17, 15) is 9.59 Å². The Morgan fingerprint density at radius 2 is 1.88 bits per heavy atom. The van der Waals surface area contributed by atoms with Crippen LogP contribution in [0.4, 0.5) is 4.79 Å². The lowest BCUT2D eigenvalue weighted by Gasteiger charge is -2.32. The van der Waals surface area contributed by atoms with Gasteiger partial charge in [0, 0.05) is 44.8 Å². The van der Waals surface area contributed by atoms with Crippen LogP contribution in [0.2, 0.25) is 0 Å². The number of urea groups is 1. The van der Waals surface area contributed by atoms with Crippen LogP contribution in [-0.2, 0) is 0 Å². The summed E-state index contributed by atoms with van der Waals surface area (Å²) in [6.07, 6.45) is 5.95. The molecule has 2 atom stereocenters. The molecule has 8 nitrogen and oxygen atoms in total. The lowest BCUT2D eigenvalue weighted by atomic mass is 9.92. The van der Waals surface area contributed by atoms with E-state index in [4.69, 9.17) is 5.10 Å². The molecule has 1 aromatic carbocycles. The normalized spacial score (nSPS) is 20.9. The lowest BCUT2D eigenvalue weighted by Crippen LogP contribution is -2.46. The summed E-state index contributed by atoms with van der Waals surface area (Å²) in [5.74, 6) is 0.453. The topological polar surface area (TPSA) is 82.5 Å². The first-order valence-corrected chi connectivity index (χ1v) is 12.8. The first kappa shape index (κ1) is 24.3. The standard InChI is InChI=1S/C26H38N6O2/c1-3-13-30-15-12-20(17-30)16-28-26(34)31-14-8-9-21(18-31)24-23(25(33)27-4-2)19-32(29-24)22-10-6-5-7-11-22/h5-7,10-11,19-21H,3-4,8-9,12-18H2,1-2H3,(H,27,33)(H,28,34). The number of nitrogens with one attached hydrogen (secondary N) is 2. The molecule has 4 rings (SSSR count). The molecule has 0 radical (unpaired) electrons. The Bertz CT molecular complexity index is 959. The molecule has 8 heteroatoms. The number of piperidine rings is 1. The van der Waals surface area contributed by atoms with Gasteiger partial charge in [-0.3, -0.25) is 4.79 Å². The van der Waals surface area contributed by atoms with Crippen molar-refractivity contribution in [2.45, 2.75) is 45.4 Å². The minimum Gasteiger partial charge on any atom is -0.352 e. The van der Waals surface area contributed by atoms with Crippen LogP contribution in [0.25, 0.3) is 5.69 Å². The van der Waals surface area contributed by atoms with Crippen molar-refractivity contribution in [1.82, 2.24) is 30.2 Å². The number of rotatable bonds is 8. The van der Waals surface area contributed by atoms with Crippen LogP contribution >= 0.6 is 0 Å². The maximum Gasteiger partial charge on any atom is 0.317 e. The van der Waals surface area contributed by atoms with Crippen molar-refractivity contribution in [3.05, 3.63) is 47.8 Å². The van der Waals surface area contributed by atoms with Crippen molar-refractivity contribution in [2.24, 2.45) is 5.92 Å². The van der Waals surface area contributed by atoms with Crippen LogP contribution < -0.4 is 10.6 Å². The number of likely N-dealkylation sites (tertiary alicyclic amines) is 2. The first-order chi connectivity index (χ1) is 16.6. The van der Waals surface area contributed by atoms with Crippen LogP contribution in [0.5, 0.6) is 0 Å². The van der Waals surface area contributed by atoms with E-state index in [1.165, 1.54) is 6.42 Å². The van der Waals surface area contributed by atoms with Gasteiger partial charge < -0.3 is 20.4 Å². The zero-order valence-electron chi connectivity index (χ0n) is 20.5. The fourth-order valence-electron chi connectivity index (χ4n) is 5.16. The van der Waals surface area contributed by atoms with E-state index >= 15 is 0 Å². The van der Waals surface area contributed by atoms with E-state index in [0.717, 1.165) is 63.4 Å². The molecular formula is C26H38N6O2. The van der Waals surface area contributed by atoms with Gasteiger partial charge in [0.2, 0.25) is 0 Å². The molecule has 2 aromatic rings. The summed E-state index contributed by atoms with van der Waals surface area (Å²) < 4.78 is 1.78. The molecule has 0 aliphatic carbocycles. The van der Waals surface area contributed by atoms with Gasteiger partial charge in [0.05, 0.1) is 16.9 Å². The maximum absolute atomic E-state index is 13.0. The molecule has 0 saturated carbocycles. The lowest BCUT2D eigenvalue weighted by molar-refractivity contribution is 0.0953. The number of aromatic nitrogens is 2. The van der Waals surface area contributed by atoms with Crippen molar-refractivity contribution >= 4 is 11.9 Å². The summed E-state index contributed by atoms with van der Waals surface area (Å²) in [4.78, 5) is 30.2. The number of amides is 3. The number of carbonyl (C=O) groups excluding carboxylic acids is 2. The summed E-state index contributed by atoms with van der Waals surface area (Å²) in [5.41, 5.74) is 2.29. The molecule has 0 bridgehead atoms. The average Bonchev–Trinajstić information content (AvgIpc) is 3.51. The fraction of sp³-hybridized carbons (Fsp3) is 0.577. The van der Waals surface area contributed by atoms with Gasteiger partial charge in [-0.05, 0) is 63.7 Å². The quantitative estimate of drug-likeness (QED) is 0.626. The van der Waals surface area contributed by atoms with Crippen molar-refractivity contribution < 1.29 is 9.59 Å². The van der Waals surface area contributed by atoms with Crippen molar-refractivity contribution in [1.29, 1.82) is 0 Å². The van der Waals surface area contributed by atoms with Gasteiger partial charge in [0.15, 0.2) is 0 Å². The number of nitrogens with zero attached hydrogens (tertiary/aromatic N) is 4. The van der Waals surface area contributed by atoms with E-state index in [0.29, 0.717) is 24.6 Å². The van der Waals surface area contributed by atoms with Crippen molar-refractivity contribution in [3.8, 4) is 5.69 Å². The largest absolute Gasteiger partial charge is 0.352 e. The fourth-order valence-corrected chi connectivity index (χ4v) is 5.16. The monoisotopic (exact) mass is 466 g/mol. The molecule has 2 N–H and O–H groups in total. The smallest absolute Gasteiger partial charge is 0.317 e. The molecule has 2 fully saturated rings. The molecule has 2 saturated heterocycles. The summed E-state index contributed by atoms with van der Waals surface area (Å²) in [6, 6.07) is 9.83. The molecule has 1 aromatic heterocycles. The van der Waals surface area contributed by atoms with Crippen molar-refractivity contribution in [3.63, 3.8) is 0 Å². The highest BCUT2D eigenvalue weighted by atomic mass is 16.2. The Labute approximate surface area is 202 Å². The summed E-state index contributed by atoms with van der Waals surface area (Å²) in [7, 11) is 0. The number of hydrogen-bond donors (Lipinski definition) is 2. The third-order valence-electron chi connectivity index (χ3n) is 6.89. The van der Waals surface area contributed by atoms with Gasteiger partial charge in [0.25, 0.3) is 5.91 Å². The van der Waals surface area contributed by atoms with E-state index < -0.39 is 0 Å². The number of carbonyl (C=O) groups is 2. The van der Waals surface area contributed by atoms with Gasteiger partial charge in [-0.25, -0.2) is 9.48 Å². The van der Waals surface area contributed by atoms with Gasteiger partial charge >= 0.3 is 6.03 Å². The van der Waals surface area contributed by atoms with Crippen LogP contribution in [0.3, 0.4) is 0 Å². The Balaban J connectivity index is 1.43.